The van der Waals surface area contributed by atoms with Gasteiger partial charge in [-0.3, -0.25) is 4.99 Å². The second-order valence-electron chi connectivity index (χ2n) is 2.62. The number of aryl methyl sites for hydroxylation is 1. The molecule has 0 aliphatic heterocycles. The second kappa shape index (κ2) is 3.81. The highest BCUT2D eigenvalue weighted by atomic mass is 19.1. The lowest BCUT2D eigenvalue weighted by Crippen LogP contribution is -1.85. The van der Waals surface area contributed by atoms with Crippen LogP contribution in [0, 0.1) is 24.1 Å². The minimum absolute atomic E-state index is 0.0625. The van der Waals surface area contributed by atoms with Crippen LogP contribution >= 0.6 is 0 Å². The van der Waals surface area contributed by atoms with Crippen molar-refractivity contribution in [2.45, 2.75) is 13.8 Å². The van der Waals surface area contributed by atoms with Gasteiger partial charge in [0.2, 0.25) is 0 Å². The highest BCUT2D eigenvalue weighted by molar-refractivity contribution is 5.63. The molecule has 13 heavy (non-hydrogen) atoms. The SMILES string of the molecule is CC=Nc1cc(F)c(C#N)cc1C. The lowest BCUT2D eigenvalue weighted by molar-refractivity contribution is 0.624. The molecule has 0 amide bonds. The van der Waals surface area contributed by atoms with Crippen molar-refractivity contribution in [1.29, 1.82) is 5.26 Å². The predicted octanol–water partition coefficient (Wildman–Crippen LogP) is 2.73. The molecule has 0 heterocycles. The molecular formula is C10H9FN2. The van der Waals surface area contributed by atoms with Gasteiger partial charge in [0.05, 0.1) is 11.3 Å². The fourth-order valence-electron chi connectivity index (χ4n) is 1.03. The predicted molar refractivity (Wildman–Crippen MR) is 49.7 cm³/mol. The van der Waals surface area contributed by atoms with Crippen LogP contribution in [0.1, 0.15) is 18.1 Å². The van der Waals surface area contributed by atoms with Crippen LogP contribution < -0.4 is 0 Å². The van der Waals surface area contributed by atoms with E-state index in [-0.39, 0.29) is 5.56 Å². The molecule has 66 valence electrons. The van der Waals surface area contributed by atoms with Crippen molar-refractivity contribution in [2.24, 2.45) is 4.99 Å². The summed E-state index contributed by atoms with van der Waals surface area (Å²) in [6, 6.07) is 4.55. The number of hydrogen-bond acceptors (Lipinski definition) is 2. The Bertz CT molecular complexity index is 389. The third kappa shape index (κ3) is 1.91. The maximum absolute atomic E-state index is 13.1. The van der Waals surface area contributed by atoms with Gasteiger partial charge in [-0.05, 0) is 25.5 Å². The topological polar surface area (TPSA) is 36.1 Å². The molecule has 0 saturated carbocycles. The van der Waals surface area contributed by atoms with E-state index in [1.54, 1.807) is 26.1 Å². The molecule has 0 N–H and O–H groups in total. The van der Waals surface area contributed by atoms with Crippen molar-refractivity contribution in [3.05, 3.63) is 29.1 Å². The van der Waals surface area contributed by atoms with Gasteiger partial charge in [0.25, 0.3) is 0 Å². The summed E-state index contributed by atoms with van der Waals surface area (Å²) in [4.78, 5) is 3.97. The first-order chi connectivity index (χ1) is 6.19. The van der Waals surface area contributed by atoms with Crippen molar-refractivity contribution in [3.63, 3.8) is 0 Å². The zero-order chi connectivity index (χ0) is 9.84. The Balaban J connectivity index is 3.30. The first kappa shape index (κ1) is 9.40. The second-order valence-corrected chi connectivity index (χ2v) is 2.62. The van der Waals surface area contributed by atoms with E-state index >= 15 is 0 Å². The summed E-state index contributed by atoms with van der Waals surface area (Å²) in [5, 5.41) is 8.54. The number of hydrogen-bond donors (Lipinski definition) is 0. The molecule has 0 aliphatic carbocycles. The van der Waals surface area contributed by atoms with Crippen LogP contribution in [-0.2, 0) is 0 Å². The first-order valence-corrected chi connectivity index (χ1v) is 3.88. The summed E-state index contributed by atoms with van der Waals surface area (Å²) in [5.41, 5.74) is 1.43. The summed E-state index contributed by atoms with van der Waals surface area (Å²) in [6.07, 6.45) is 1.59. The molecular weight excluding hydrogens is 167 g/mol. The number of halogens is 1. The molecule has 0 aromatic heterocycles. The van der Waals surface area contributed by atoms with E-state index in [0.717, 1.165) is 5.56 Å². The van der Waals surface area contributed by atoms with E-state index in [1.807, 2.05) is 0 Å². The van der Waals surface area contributed by atoms with Gasteiger partial charge in [0, 0.05) is 12.3 Å². The highest BCUT2D eigenvalue weighted by Crippen LogP contribution is 2.21. The monoisotopic (exact) mass is 176 g/mol. The lowest BCUT2D eigenvalue weighted by atomic mass is 10.1. The summed E-state index contributed by atoms with van der Waals surface area (Å²) >= 11 is 0. The van der Waals surface area contributed by atoms with Crippen molar-refractivity contribution in [3.8, 4) is 6.07 Å². The molecule has 0 atom stereocenters. The largest absolute Gasteiger partial charge is 0.261 e. The van der Waals surface area contributed by atoms with Gasteiger partial charge in [0.15, 0.2) is 0 Å². The van der Waals surface area contributed by atoms with Gasteiger partial charge in [-0.1, -0.05) is 0 Å². The number of aliphatic imine (C=N–C) groups is 1. The number of benzene rings is 1. The van der Waals surface area contributed by atoms with Crippen LogP contribution in [0.3, 0.4) is 0 Å². The van der Waals surface area contributed by atoms with Gasteiger partial charge in [-0.15, -0.1) is 0 Å². The molecule has 0 bridgehead atoms. The molecule has 0 spiro atoms. The van der Waals surface area contributed by atoms with Crippen LogP contribution in [0.5, 0.6) is 0 Å². The summed E-state index contributed by atoms with van der Waals surface area (Å²) < 4.78 is 13.1. The molecule has 0 unspecified atom stereocenters. The Morgan fingerprint density at radius 1 is 1.54 bits per heavy atom. The quantitative estimate of drug-likeness (QED) is 0.606. The summed E-state index contributed by atoms with van der Waals surface area (Å²) in [5.74, 6) is -0.520. The molecule has 1 aromatic rings. The first-order valence-electron chi connectivity index (χ1n) is 3.88. The smallest absolute Gasteiger partial charge is 0.143 e. The van der Waals surface area contributed by atoms with E-state index < -0.39 is 5.82 Å². The van der Waals surface area contributed by atoms with E-state index in [2.05, 4.69) is 4.99 Å². The van der Waals surface area contributed by atoms with Crippen LogP contribution in [0.2, 0.25) is 0 Å². The van der Waals surface area contributed by atoms with Crippen LogP contribution in [0.4, 0.5) is 10.1 Å². The third-order valence-electron chi connectivity index (χ3n) is 1.67. The summed E-state index contributed by atoms with van der Waals surface area (Å²) in [7, 11) is 0. The maximum atomic E-state index is 13.1. The molecule has 0 aliphatic rings. The molecule has 0 radical (unpaired) electrons. The molecule has 1 aromatic carbocycles. The van der Waals surface area contributed by atoms with E-state index in [9.17, 15) is 4.39 Å². The van der Waals surface area contributed by atoms with Gasteiger partial charge in [0.1, 0.15) is 11.9 Å². The van der Waals surface area contributed by atoms with E-state index in [4.69, 9.17) is 5.26 Å². The Hall–Kier alpha value is -1.69. The van der Waals surface area contributed by atoms with Crippen molar-refractivity contribution in [1.82, 2.24) is 0 Å². The average molecular weight is 176 g/mol. The van der Waals surface area contributed by atoms with Crippen LogP contribution in [0.15, 0.2) is 17.1 Å². The normalized spacial score (nSPS) is 10.3. The molecule has 3 heteroatoms. The highest BCUT2D eigenvalue weighted by Gasteiger charge is 2.04. The fourth-order valence-corrected chi connectivity index (χ4v) is 1.03. The number of nitriles is 1. The van der Waals surface area contributed by atoms with Gasteiger partial charge in [-0.25, -0.2) is 4.39 Å². The minimum atomic E-state index is -0.520. The summed E-state index contributed by atoms with van der Waals surface area (Å²) in [6.45, 7) is 3.55. The van der Waals surface area contributed by atoms with Crippen molar-refractivity contribution in [2.75, 3.05) is 0 Å². The molecule has 0 saturated heterocycles. The minimum Gasteiger partial charge on any atom is -0.261 e. The standard InChI is InChI=1S/C10H9FN2/c1-3-13-10-5-9(11)8(6-12)4-7(10)2/h3-5H,1-2H3. The van der Waals surface area contributed by atoms with Crippen LogP contribution in [-0.4, -0.2) is 6.21 Å². The number of rotatable bonds is 1. The van der Waals surface area contributed by atoms with Crippen molar-refractivity contribution >= 4 is 11.9 Å². The zero-order valence-corrected chi connectivity index (χ0v) is 7.50. The van der Waals surface area contributed by atoms with Gasteiger partial charge >= 0.3 is 0 Å². The Morgan fingerprint density at radius 3 is 2.77 bits per heavy atom. The van der Waals surface area contributed by atoms with Crippen molar-refractivity contribution < 1.29 is 4.39 Å². The molecule has 0 fully saturated rings. The number of nitrogens with zero attached hydrogens (tertiary/aromatic N) is 2. The average Bonchev–Trinajstić information content (AvgIpc) is 2.11. The Morgan fingerprint density at radius 2 is 2.23 bits per heavy atom. The third-order valence-corrected chi connectivity index (χ3v) is 1.67. The lowest BCUT2D eigenvalue weighted by Gasteiger charge is -2.00. The fraction of sp³-hybridized carbons (Fsp3) is 0.200. The Kier molecular flexibility index (Phi) is 2.76. The Labute approximate surface area is 76.3 Å². The maximum Gasteiger partial charge on any atom is 0.143 e. The van der Waals surface area contributed by atoms with Gasteiger partial charge in [-0.2, -0.15) is 5.26 Å². The zero-order valence-electron chi connectivity index (χ0n) is 7.50. The molecule has 1 rings (SSSR count). The molecule has 2 nitrogen and oxygen atoms in total. The van der Waals surface area contributed by atoms with E-state index in [0.29, 0.717) is 5.69 Å². The van der Waals surface area contributed by atoms with Gasteiger partial charge < -0.3 is 0 Å². The van der Waals surface area contributed by atoms with E-state index in [1.165, 1.54) is 12.1 Å². The van der Waals surface area contributed by atoms with Crippen LogP contribution in [0.25, 0.3) is 0 Å².